The minimum Gasteiger partial charge on any atom is -0.478 e. The summed E-state index contributed by atoms with van der Waals surface area (Å²) in [5, 5.41) is 9.47. The van der Waals surface area contributed by atoms with Gasteiger partial charge in [0.25, 0.3) is 0 Å². The smallest absolute Gasteiger partial charge is 0.433 e. The number of nitrogens with zero attached hydrogens (tertiary/aromatic N) is 2. The van der Waals surface area contributed by atoms with Gasteiger partial charge in [-0.2, -0.15) is 13.2 Å². The Balaban J connectivity index is 2.03. The van der Waals surface area contributed by atoms with Crippen LogP contribution in [0.5, 0.6) is 0 Å². The van der Waals surface area contributed by atoms with Crippen LogP contribution in [0.1, 0.15) is 73.8 Å². The first-order chi connectivity index (χ1) is 17.0. The molecule has 5 nitrogen and oxygen atoms in total. The normalized spacial score (nSPS) is 11.9. The van der Waals surface area contributed by atoms with Crippen LogP contribution in [-0.4, -0.2) is 20.2 Å². The molecule has 0 saturated carbocycles. The summed E-state index contributed by atoms with van der Waals surface area (Å²) in [5.74, 6) is -0.855. The molecule has 0 bridgehead atoms. The largest absolute Gasteiger partial charge is 0.478 e. The van der Waals surface area contributed by atoms with Gasteiger partial charge in [-0.25, -0.2) is 9.59 Å². The second-order valence-corrected chi connectivity index (χ2v) is 9.50. The molecule has 3 aromatic rings. The van der Waals surface area contributed by atoms with E-state index in [2.05, 4.69) is 0 Å². The van der Waals surface area contributed by atoms with Crippen molar-refractivity contribution in [3.05, 3.63) is 81.5 Å². The lowest BCUT2D eigenvalue weighted by Crippen LogP contribution is -2.27. The van der Waals surface area contributed by atoms with Crippen molar-refractivity contribution in [3.8, 4) is 11.1 Å². The van der Waals surface area contributed by atoms with Crippen LogP contribution in [0.3, 0.4) is 0 Å². The number of alkyl halides is 3. The molecule has 0 spiro atoms. The number of rotatable bonds is 11. The van der Waals surface area contributed by atoms with Crippen molar-refractivity contribution in [1.29, 1.82) is 0 Å². The van der Waals surface area contributed by atoms with Gasteiger partial charge in [0.2, 0.25) is 0 Å². The number of aromatic nitrogens is 2. The first-order valence-corrected chi connectivity index (χ1v) is 12.4. The highest BCUT2D eigenvalue weighted by atomic mass is 19.4. The van der Waals surface area contributed by atoms with Crippen molar-refractivity contribution in [2.45, 2.75) is 72.1 Å². The van der Waals surface area contributed by atoms with Crippen molar-refractivity contribution in [2.75, 3.05) is 0 Å². The first kappa shape index (κ1) is 27.3. The Kier molecular flexibility index (Phi) is 8.82. The number of imidazole rings is 1. The summed E-state index contributed by atoms with van der Waals surface area (Å²) in [4.78, 5) is 24.8. The van der Waals surface area contributed by atoms with Gasteiger partial charge < -0.3 is 5.11 Å². The average molecular weight is 503 g/mol. The van der Waals surface area contributed by atoms with Gasteiger partial charge in [-0.3, -0.25) is 9.13 Å². The molecule has 2 aromatic carbocycles. The first-order valence-electron chi connectivity index (χ1n) is 12.4. The highest BCUT2D eigenvalue weighted by molar-refractivity contribution is 5.95. The fraction of sp³-hybridized carbons (Fsp3) is 0.429. The van der Waals surface area contributed by atoms with E-state index in [1.54, 1.807) is 42.5 Å². The third kappa shape index (κ3) is 6.28. The lowest BCUT2D eigenvalue weighted by molar-refractivity contribution is -0.144. The maximum atomic E-state index is 14.2. The van der Waals surface area contributed by atoms with E-state index >= 15 is 0 Å². The minimum atomic E-state index is -4.63. The van der Waals surface area contributed by atoms with Crippen LogP contribution in [0.15, 0.2) is 53.3 Å². The molecular weight excluding hydrogens is 469 g/mol. The van der Waals surface area contributed by atoms with Crippen molar-refractivity contribution < 1.29 is 23.1 Å². The van der Waals surface area contributed by atoms with E-state index in [1.807, 2.05) is 20.8 Å². The maximum Gasteiger partial charge on any atom is 0.433 e. The highest BCUT2D eigenvalue weighted by Gasteiger charge is 2.40. The molecule has 0 aliphatic carbocycles. The number of halogens is 3. The molecule has 8 heteroatoms. The SMILES string of the molecule is CCCCCn1c(C(F)(F)F)c(CCC(C)C)n(Cc2ccc(-c3ccccc3C(=O)O)cc2)c1=O. The Bertz CT molecular complexity index is 1240. The summed E-state index contributed by atoms with van der Waals surface area (Å²) in [6, 6.07) is 13.6. The lowest BCUT2D eigenvalue weighted by atomic mass is 9.98. The quantitative estimate of drug-likeness (QED) is 0.291. The average Bonchev–Trinajstić information content (AvgIpc) is 3.09. The number of aromatic carboxylic acids is 1. The second-order valence-electron chi connectivity index (χ2n) is 9.50. The molecule has 0 unspecified atom stereocenters. The second kappa shape index (κ2) is 11.6. The van der Waals surface area contributed by atoms with Crippen LogP contribution in [0.25, 0.3) is 11.1 Å². The Labute approximate surface area is 209 Å². The third-order valence-electron chi connectivity index (χ3n) is 6.31. The van der Waals surface area contributed by atoms with E-state index in [0.29, 0.717) is 29.5 Å². The Morgan fingerprint density at radius 1 is 1.00 bits per heavy atom. The number of carbonyl (C=O) groups is 1. The summed E-state index contributed by atoms with van der Waals surface area (Å²) in [7, 11) is 0. The van der Waals surface area contributed by atoms with Crippen LogP contribution < -0.4 is 5.69 Å². The van der Waals surface area contributed by atoms with Crippen LogP contribution in [0.2, 0.25) is 0 Å². The monoisotopic (exact) mass is 502 g/mol. The zero-order chi connectivity index (χ0) is 26.5. The molecular formula is C28H33F3N2O3. The Morgan fingerprint density at radius 2 is 1.67 bits per heavy atom. The topological polar surface area (TPSA) is 64.2 Å². The molecule has 0 fully saturated rings. The van der Waals surface area contributed by atoms with E-state index in [0.717, 1.165) is 17.4 Å². The molecule has 0 amide bonds. The fourth-order valence-electron chi connectivity index (χ4n) is 4.42. The zero-order valence-corrected chi connectivity index (χ0v) is 20.9. The van der Waals surface area contributed by atoms with Crippen LogP contribution in [0, 0.1) is 5.92 Å². The molecule has 0 radical (unpaired) electrons. The van der Waals surface area contributed by atoms with Gasteiger partial charge in [0.05, 0.1) is 17.8 Å². The van der Waals surface area contributed by atoms with E-state index in [4.69, 9.17) is 0 Å². The molecule has 36 heavy (non-hydrogen) atoms. The lowest BCUT2D eigenvalue weighted by Gasteiger charge is -2.14. The van der Waals surface area contributed by atoms with E-state index in [-0.39, 0.29) is 36.7 Å². The van der Waals surface area contributed by atoms with Crippen molar-refractivity contribution in [3.63, 3.8) is 0 Å². The van der Waals surface area contributed by atoms with Crippen LogP contribution in [-0.2, 0) is 25.7 Å². The van der Waals surface area contributed by atoms with Gasteiger partial charge >= 0.3 is 17.8 Å². The number of benzene rings is 2. The number of carboxylic acid groups (broad SMARTS) is 1. The molecule has 194 valence electrons. The molecule has 1 aromatic heterocycles. The summed E-state index contributed by atoms with van der Waals surface area (Å²) in [5.41, 5.74) is 0.604. The van der Waals surface area contributed by atoms with Gasteiger partial charge in [0, 0.05) is 6.54 Å². The molecule has 1 heterocycles. The standard InChI is InChI=1S/C28H33F3N2O3/c1-4-5-8-17-32-25(28(29,30)31)24(16-11-19(2)3)33(27(32)36)18-20-12-14-21(15-13-20)22-9-6-7-10-23(22)26(34)35/h6-7,9-10,12-15,19H,4-5,8,11,16-18H2,1-3H3,(H,34,35). The van der Waals surface area contributed by atoms with Crippen molar-refractivity contribution >= 4 is 5.97 Å². The van der Waals surface area contributed by atoms with Crippen molar-refractivity contribution in [2.24, 2.45) is 5.92 Å². The highest BCUT2D eigenvalue weighted by Crippen LogP contribution is 2.33. The summed E-state index contributed by atoms with van der Waals surface area (Å²) < 4.78 is 44.8. The molecule has 0 atom stereocenters. The zero-order valence-electron chi connectivity index (χ0n) is 20.9. The number of hydrogen-bond acceptors (Lipinski definition) is 2. The number of unbranched alkanes of at least 4 members (excludes halogenated alkanes) is 2. The van der Waals surface area contributed by atoms with Gasteiger partial charge in [0.1, 0.15) is 5.69 Å². The van der Waals surface area contributed by atoms with Crippen LogP contribution in [0.4, 0.5) is 13.2 Å². The fourth-order valence-corrected chi connectivity index (χ4v) is 4.42. The van der Waals surface area contributed by atoms with Gasteiger partial charge in [-0.15, -0.1) is 0 Å². The summed E-state index contributed by atoms with van der Waals surface area (Å²) in [6.07, 6.45) is -1.85. The Morgan fingerprint density at radius 3 is 2.25 bits per heavy atom. The van der Waals surface area contributed by atoms with Crippen LogP contribution >= 0.6 is 0 Å². The minimum absolute atomic E-state index is 0.0109. The van der Waals surface area contributed by atoms with Gasteiger partial charge in [0.15, 0.2) is 0 Å². The predicted molar refractivity (Wildman–Crippen MR) is 134 cm³/mol. The van der Waals surface area contributed by atoms with E-state index in [1.165, 1.54) is 10.6 Å². The van der Waals surface area contributed by atoms with Gasteiger partial charge in [-0.05, 0) is 47.9 Å². The number of hydrogen-bond donors (Lipinski definition) is 1. The van der Waals surface area contributed by atoms with Gasteiger partial charge in [-0.1, -0.05) is 76.1 Å². The molecule has 0 saturated heterocycles. The third-order valence-corrected chi connectivity index (χ3v) is 6.31. The number of carboxylic acids is 1. The molecule has 0 aliphatic rings. The predicted octanol–water partition coefficient (Wildman–Crippen LogP) is 6.86. The molecule has 0 aliphatic heterocycles. The molecule has 1 N–H and O–H groups in total. The Hall–Kier alpha value is -3.29. The maximum absolute atomic E-state index is 14.2. The molecule has 3 rings (SSSR count). The van der Waals surface area contributed by atoms with Crippen molar-refractivity contribution in [1.82, 2.24) is 9.13 Å². The summed E-state index contributed by atoms with van der Waals surface area (Å²) >= 11 is 0. The van der Waals surface area contributed by atoms with E-state index < -0.39 is 23.5 Å². The summed E-state index contributed by atoms with van der Waals surface area (Å²) in [6.45, 7) is 5.90. The van der Waals surface area contributed by atoms with E-state index in [9.17, 15) is 27.9 Å².